The molecule has 0 aromatic heterocycles. The van der Waals surface area contributed by atoms with Crippen LogP contribution >= 0.6 is 15.9 Å². The van der Waals surface area contributed by atoms with Gasteiger partial charge in [-0.3, -0.25) is 4.79 Å². The molecule has 1 aromatic carbocycles. The van der Waals surface area contributed by atoms with Gasteiger partial charge in [0.25, 0.3) is 0 Å². The molecule has 1 N–H and O–H groups in total. The molecule has 1 rings (SSSR count). The number of rotatable bonds is 5. The van der Waals surface area contributed by atoms with Crippen LogP contribution in [0, 0.1) is 0 Å². The van der Waals surface area contributed by atoms with Crippen molar-refractivity contribution >= 4 is 27.9 Å². The fraction of sp³-hybridized carbons (Fsp3) is 0.308. The molecule has 0 saturated heterocycles. The lowest BCUT2D eigenvalue weighted by molar-refractivity contribution is -0.118. The van der Waals surface area contributed by atoms with E-state index in [0.717, 1.165) is 15.8 Å². The standard InChI is InChI=1S/C13H16BrNO2/c1-3-17-13-7-6-12(14)9-11(13)5-4-8-15-10(2)16/h4-7,9H,3,8H2,1-2H3,(H,15,16). The van der Waals surface area contributed by atoms with Crippen molar-refractivity contribution in [1.82, 2.24) is 5.32 Å². The number of amides is 1. The summed E-state index contributed by atoms with van der Waals surface area (Å²) in [7, 11) is 0. The molecule has 0 spiro atoms. The lowest BCUT2D eigenvalue weighted by atomic mass is 10.2. The molecule has 0 atom stereocenters. The number of benzene rings is 1. The molecule has 0 fully saturated rings. The van der Waals surface area contributed by atoms with Crippen LogP contribution in [-0.4, -0.2) is 19.1 Å². The first-order valence-corrected chi connectivity index (χ1v) is 6.26. The van der Waals surface area contributed by atoms with Crippen LogP contribution < -0.4 is 10.1 Å². The summed E-state index contributed by atoms with van der Waals surface area (Å²) >= 11 is 3.42. The van der Waals surface area contributed by atoms with E-state index in [1.165, 1.54) is 6.92 Å². The van der Waals surface area contributed by atoms with E-state index in [1.807, 2.05) is 37.3 Å². The van der Waals surface area contributed by atoms with Crippen LogP contribution in [0.5, 0.6) is 5.75 Å². The zero-order valence-electron chi connectivity index (χ0n) is 10.00. The summed E-state index contributed by atoms with van der Waals surface area (Å²) in [4.78, 5) is 10.7. The second-order valence-electron chi connectivity index (χ2n) is 3.45. The zero-order chi connectivity index (χ0) is 12.7. The lowest BCUT2D eigenvalue weighted by Crippen LogP contribution is -2.19. The van der Waals surface area contributed by atoms with Crippen molar-refractivity contribution in [2.75, 3.05) is 13.2 Å². The first-order valence-electron chi connectivity index (χ1n) is 5.46. The molecule has 0 aliphatic carbocycles. The summed E-state index contributed by atoms with van der Waals surface area (Å²) < 4.78 is 6.51. The third-order valence-corrected chi connectivity index (χ3v) is 2.53. The van der Waals surface area contributed by atoms with Gasteiger partial charge in [0.05, 0.1) is 6.61 Å². The van der Waals surface area contributed by atoms with Crippen molar-refractivity contribution in [3.63, 3.8) is 0 Å². The van der Waals surface area contributed by atoms with E-state index in [2.05, 4.69) is 21.2 Å². The van der Waals surface area contributed by atoms with Gasteiger partial charge in [-0.1, -0.05) is 28.1 Å². The van der Waals surface area contributed by atoms with E-state index in [1.54, 1.807) is 0 Å². The van der Waals surface area contributed by atoms with Crippen LogP contribution in [0.4, 0.5) is 0 Å². The Morgan fingerprint density at radius 1 is 1.53 bits per heavy atom. The molecule has 92 valence electrons. The van der Waals surface area contributed by atoms with E-state index >= 15 is 0 Å². The summed E-state index contributed by atoms with van der Waals surface area (Å²) in [5.41, 5.74) is 0.992. The van der Waals surface area contributed by atoms with Crippen LogP contribution in [0.2, 0.25) is 0 Å². The van der Waals surface area contributed by atoms with Crippen LogP contribution in [-0.2, 0) is 4.79 Å². The Bertz CT molecular complexity index is 416. The minimum Gasteiger partial charge on any atom is -0.493 e. The summed E-state index contributed by atoms with van der Waals surface area (Å²) in [6.45, 7) is 4.60. The maximum absolute atomic E-state index is 10.7. The smallest absolute Gasteiger partial charge is 0.217 e. The lowest BCUT2D eigenvalue weighted by Gasteiger charge is -2.07. The normalized spacial score (nSPS) is 10.5. The number of halogens is 1. The summed E-state index contributed by atoms with van der Waals surface area (Å²) in [6.07, 6.45) is 3.83. The van der Waals surface area contributed by atoms with Crippen LogP contribution in [0.15, 0.2) is 28.7 Å². The van der Waals surface area contributed by atoms with Gasteiger partial charge in [0, 0.05) is 23.5 Å². The monoisotopic (exact) mass is 297 g/mol. The number of hydrogen-bond donors (Lipinski definition) is 1. The first-order chi connectivity index (χ1) is 8.13. The van der Waals surface area contributed by atoms with Gasteiger partial charge < -0.3 is 10.1 Å². The molecule has 0 radical (unpaired) electrons. The molecule has 1 aromatic rings. The second-order valence-corrected chi connectivity index (χ2v) is 4.37. The Kier molecular flexibility index (Phi) is 5.77. The van der Waals surface area contributed by atoms with E-state index in [0.29, 0.717) is 13.2 Å². The molecule has 1 amide bonds. The van der Waals surface area contributed by atoms with E-state index in [4.69, 9.17) is 4.74 Å². The van der Waals surface area contributed by atoms with Crippen LogP contribution in [0.25, 0.3) is 6.08 Å². The zero-order valence-corrected chi connectivity index (χ0v) is 11.6. The van der Waals surface area contributed by atoms with E-state index < -0.39 is 0 Å². The van der Waals surface area contributed by atoms with Gasteiger partial charge in [0.1, 0.15) is 5.75 Å². The van der Waals surface area contributed by atoms with E-state index in [-0.39, 0.29) is 5.91 Å². The Labute approximate surface area is 110 Å². The van der Waals surface area contributed by atoms with Crippen LogP contribution in [0.1, 0.15) is 19.4 Å². The molecule has 0 saturated carbocycles. The Morgan fingerprint density at radius 3 is 2.94 bits per heavy atom. The highest BCUT2D eigenvalue weighted by atomic mass is 79.9. The van der Waals surface area contributed by atoms with Crippen molar-refractivity contribution < 1.29 is 9.53 Å². The van der Waals surface area contributed by atoms with Crippen molar-refractivity contribution in [3.05, 3.63) is 34.3 Å². The highest BCUT2D eigenvalue weighted by molar-refractivity contribution is 9.10. The minimum absolute atomic E-state index is 0.0334. The largest absolute Gasteiger partial charge is 0.493 e. The summed E-state index contributed by atoms with van der Waals surface area (Å²) in [5.74, 6) is 0.809. The highest BCUT2D eigenvalue weighted by Gasteiger charge is 2.00. The number of hydrogen-bond acceptors (Lipinski definition) is 2. The Hall–Kier alpha value is -1.29. The van der Waals surface area contributed by atoms with Gasteiger partial charge in [-0.05, 0) is 25.1 Å². The fourth-order valence-corrected chi connectivity index (χ4v) is 1.70. The highest BCUT2D eigenvalue weighted by Crippen LogP contribution is 2.24. The van der Waals surface area contributed by atoms with E-state index in [9.17, 15) is 4.79 Å². The molecule has 0 aliphatic heterocycles. The molecule has 0 aliphatic rings. The third kappa shape index (κ3) is 5.04. The fourth-order valence-electron chi connectivity index (χ4n) is 1.33. The van der Waals surface area contributed by atoms with Gasteiger partial charge in [0.15, 0.2) is 0 Å². The molecule has 0 unspecified atom stereocenters. The van der Waals surface area contributed by atoms with Gasteiger partial charge in [-0.25, -0.2) is 0 Å². The van der Waals surface area contributed by atoms with Gasteiger partial charge in [-0.15, -0.1) is 0 Å². The number of carbonyl (C=O) groups excluding carboxylic acids is 1. The second kappa shape index (κ2) is 7.12. The molecule has 0 bridgehead atoms. The summed E-state index contributed by atoms with van der Waals surface area (Å²) in [5, 5.41) is 2.70. The van der Waals surface area contributed by atoms with Crippen molar-refractivity contribution in [2.45, 2.75) is 13.8 Å². The maximum atomic E-state index is 10.7. The number of nitrogens with one attached hydrogen (secondary N) is 1. The van der Waals surface area contributed by atoms with Crippen molar-refractivity contribution in [1.29, 1.82) is 0 Å². The molecule has 17 heavy (non-hydrogen) atoms. The SMILES string of the molecule is CCOc1ccc(Br)cc1C=CCNC(C)=O. The van der Waals surface area contributed by atoms with Gasteiger partial charge in [0.2, 0.25) is 5.91 Å². The molecule has 0 heterocycles. The predicted octanol–water partition coefficient (Wildman–Crippen LogP) is 3.00. The van der Waals surface area contributed by atoms with Crippen molar-refractivity contribution in [3.8, 4) is 5.75 Å². The third-order valence-electron chi connectivity index (χ3n) is 2.04. The summed E-state index contributed by atoms with van der Waals surface area (Å²) in [6, 6.07) is 5.84. The molecular formula is C13H16BrNO2. The first kappa shape index (κ1) is 13.8. The topological polar surface area (TPSA) is 38.3 Å². The molecular weight excluding hydrogens is 282 g/mol. The minimum atomic E-state index is -0.0334. The Balaban J connectivity index is 2.73. The van der Waals surface area contributed by atoms with Gasteiger partial charge in [-0.2, -0.15) is 0 Å². The molecule has 4 heteroatoms. The number of ether oxygens (including phenoxy) is 1. The Morgan fingerprint density at radius 2 is 2.29 bits per heavy atom. The average molecular weight is 298 g/mol. The number of carbonyl (C=O) groups is 1. The van der Waals surface area contributed by atoms with Crippen LogP contribution in [0.3, 0.4) is 0 Å². The maximum Gasteiger partial charge on any atom is 0.217 e. The van der Waals surface area contributed by atoms with Gasteiger partial charge >= 0.3 is 0 Å². The molecule has 3 nitrogen and oxygen atoms in total. The van der Waals surface area contributed by atoms with Crippen molar-refractivity contribution in [2.24, 2.45) is 0 Å². The quantitative estimate of drug-likeness (QED) is 0.907. The predicted molar refractivity (Wildman–Crippen MR) is 73.0 cm³/mol. The average Bonchev–Trinajstić information content (AvgIpc) is 2.28.